The van der Waals surface area contributed by atoms with Gasteiger partial charge in [-0.05, 0) is 71.6 Å². The molecule has 2 aromatic heterocycles. The molecule has 0 saturated carbocycles. The summed E-state index contributed by atoms with van der Waals surface area (Å²) in [5.41, 5.74) is 3.75. The number of benzene rings is 2. The smallest absolute Gasteiger partial charge is 0.337 e. The van der Waals surface area contributed by atoms with Gasteiger partial charge in [-0.1, -0.05) is 12.1 Å². The summed E-state index contributed by atoms with van der Waals surface area (Å²) in [5.74, 6) is 0.0480. The zero-order valence-corrected chi connectivity index (χ0v) is 19.5. The molecule has 0 fully saturated rings. The highest BCUT2D eigenvalue weighted by Crippen LogP contribution is 2.37. The van der Waals surface area contributed by atoms with Crippen LogP contribution in [-0.2, 0) is 12.7 Å². The zero-order valence-electron chi connectivity index (χ0n) is 17.9. The zero-order chi connectivity index (χ0) is 23.9. The molecule has 4 aromatic rings. The Morgan fingerprint density at radius 2 is 1.79 bits per heavy atom. The van der Waals surface area contributed by atoms with Crippen molar-refractivity contribution in [2.24, 2.45) is 0 Å². The summed E-state index contributed by atoms with van der Waals surface area (Å²) in [6, 6.07) is 17.1. The van der Waals surface area contributed by atoms with Gasteiger partial charge in [0.2, 0.25) is 0 Å². The third-order valence-corrected chi connectivity index (χ3v) is 7.46. The Morgan fingerprint density at radius 3 is 2.59 bits per heavy atom. The standard InChI is InChI=1S/C25H18F3N3OS2/c1-31-14-17-9-15(5-6-21(17)24(31)32)22-7-8-23(33-22)16-10-19(13-29-12-16)30-34-20-4-2-3-18(11-20)25(26,27)28/h2-13,30H,14H2,1H3. The molecule has 0 radical (unpaired) electrons. The molecule has 0 atom stereocenters. The Hall–Kier alpha value is -3.30. The molecule has 1 aliphatic rings. The number of aromatic nitrogens is 1. The second-order valence-electron chi connectivity index (χ2n) is 7.89. The van der Waals surface area contributed by atoms with Crippen molar-refractivity contribution in [2.75, 3.05) is 11.8 Å². The van der Waals surface area contributed by atoms with Crippen molar-refractivity contribution in [2.45, 2.75) is 17.6 Å². The van der Waals surface area contributed by atoms with Crippen LogP contribution in [0.25, 0.3) is 20.9 Å². The number of hydrogen-bond donors (Lipinski definition) is 1. The number of thiophene rings is 1. The Balaban J connectivity index is 1.32. The van der Waals surface area contributed by atoms with E-state index in [9.17, 15) is 18.0 Å². The van der Waals surface area contributed by atoms with E-state index in [1.807, 2.05) is 30.3 Å². The summed E-state index contributed by atoms with van der Waals surface area (Å²) >= 11 is 2.72. The number of anilines is 1. The molecule has 34 heavy (non-hydrogen) atoms. The van der Waals surface area contributed by atoms with Crippen LogP contribution in [0.15, 0.2) is 78.0 Å². The van der Waals surface area contributed by atoms with Gasteiger partial charge in [-0.2, -0.15) is 13.2 Å². The van der Waals surface area contributed by atoms with E-state index in [-0.39, 0.29) is 5.91 Å². The number of carbonyl (C=O) groups excluding carboxylic acids is 1. The van der Waals surface area contributed by atoms with Crippen molar-refractivity contribution in [3.63, 3.8) is 0 Å². The summed E-state index contributed by atoms with van der Waals surface area (Å²) in [6.45, 7) is 0.613. The predicted molar refractivity (Wildman–Crippen MR) is 130 cm³/mol. The number of hydrogen-bond acceptors (Lipinski definition) is 5. The van der Waals surface area contributed by atoms with Crippen molar-refractivity contribution in [1.29, 1.82) is 0 Å². The van der Waals surface area contributed by atoms with Gasteiger partial charge in [0.25, 0.3) is 5.91 Å². The van der Waals surface area contributed by atoms with E-state index in [2.05, 4.69) is 15.8 Å². The van der Waals surface area contributed by atoms with E-state index >= 15 is 0 Å². The molecule has 2 aromatic carbocycles. The maximum atomic E-state index is 12.9. The molecule has 1 aliphatic heterocycles. The summed E-state index contributed by atoms with van der Waals surface area (Å²) < 4.78 is 41.9. The number of rotatable bonds is 5. The molecule has 0 unspecified atom stereocenters. The number of nitrogens with one attached hydrogen (secondary N) is 1. The summed E-state index contributed by atoms with van der Waals surface area (Å²) in [7, 11) is 1.80. The minimum atomic E-state index is -4.38. The number of alkyl halides is 3. The Labute approximate surface area is 202 Å². The topological polar surface area (TPSA) is 45.2 Å². The quantitative estimate of drug-likeness (QED) is 0.296. The number of carbonyl (C=O) groups is 1. The minimum Gasteiger partial charge on any atom is -0.337 e. The Kier molecular flexibility index (Phi) is 5.83. The highest BCUT2D eigenvalue weighted by atomic mass is 32.2. The average molecular weight is 498 g/mol. The van der Waals surface area contributed by atoms with E-state index in [4.69, 9.17) is 0 Å². The molecule has 0 aliphatic carbocycles. The second-order valence-corrected chi connectivity index (χ2v) is 9.85. The maximum absolute atomic E-state index is 12.9. The number of nitrogens with zero attached hydrogens (tertiary/aromatic N) is 2. The fraction of sp³-hybridized carbons (Fsp3) is 0.120. The molecule has 0 saturated heterocycles. The number of fused-ring (bicyclic) bond motifs is 1. The van der Waals surface area contributed by atoms with Crippen LogP contribution in [-0.4, -0.2) is 22.8 Å². The number of amides is 1. The first-order chi connectivity index (χ1) is 16.3. The maximum Gasteiger partial charge on any atom is 0.416 e. The van der Waals surface area contributed by atoms with Gasteiger partial charge in [0.05, 0.1) is 17.4 Å². The van der Waals surface area contributed by atoms with Gasteiger partial charge in [0, 0.05) is 45.6 Å². The summed E-state index contributed by atoms with van der Waals surface area (Å²) in [5, 5.41) is 0. The SMILES string of the molecule is CN1Cc2cc(-c3ccc(-c4cncc(NSc5cccc(C(F)(F)F)c5)c4)s3)ccc2C1=O. The monoisotopic (exact) mass is 497 g/mol. The van der Waals surface area contributed by atoms with Gasteiger partial charge in [-0.25, -0.2) is 0 Å². The first-order valence-electron chi connectivity index (χ1n) is 10.3. The normalized spacial score (nSPS) is 13.3. The number of halogens is 3. The van der Waals surface area contributed by atoms with Crippen LogP contribution in [0.4, 0.5) is 18.9 Å². The van der Waals surface area contributed by atoms with Crippen LogP contribution >= 0.6 is 23.3 Å². The van der Waals surface area contributed by atoms with Gasteiger partial charge < -0.3 is 9.62 Å². The molecule has 0 spiro atoms. The van der Waals surface area contributed by atoms with E-state index in [1.54, 1.807) is 41.7 Å². The lowest BCUT2D eigenvalue weighted by Crippen LogP contribution is -2.17. The summed E-state index contributed by atoms with van der Waals surface area (Å²) in [6.07, 6.45) is -0.988. The molecule has 5 rings (SSSR count). The van der Waals surface area contributed by atoms with Crippen LogP contribution < -0.4 is 4.72 Å². The largest absolute Gasteiger partial charge is 0.416 e. The van der Waals surface area contributed by atoms with Gasteiger partial charge >= 0.3 is 6.18 Å². The van der Waals surface area contributed by atoms with Gasteiger partial charge in [-0.15, -0.1) is 11.3 Å². The van der Waals surface area contributed by atoms with Crippen molar-refractivity contribution >= 4 is 34.9 Å². The average Bonchev–Trinajstić information content (AvgIpc) is 3.42. The summed E-state index contributed by atoms with van der Waals surface area (Å²) in [4.78, 5) is 20.7. The lowest BCUT2D eigenvalue weighted by atomic mass is 10.1. The van der Waals surface area contributed by atoms with Crippen LogP contribution in [0, 0.1) is 0 Å². The van der Waals surface area contributed by atoms with Crippen molar-refractivity contribution in [3.8, 4) is 20.9 Å². The van der Waals surface area contributed by atoms with E-state index in [0.717, 1.165) is 56.1 Å². The minimum absolute atomic E-state index is 0.0480. The molecule has 172 valence electrons. The first-order valence-corrected chi connectivity index (χ1v) is 12.0. The van der Waals surface area contributed by atoms with E-state index in [1.165, 1.54) is 6.07 Å². The fourth-order valence-electron chi connectivity index (χ4n) is 3.75. The molecule has 9 heteroatoms. The lowest BCUT2D eigenvalue weighted by Gasteiger charge is -2.10. The molecule has 1 N–H and O–H groups in total. The lowest BCUT2D eigenvalue weighted by molar-refractivity contribution is -0.137. The van der Waals surface area contributed by atoms with Crippen molar-refractivity contribution < 1.29 is 18.0 Å². The van der Waals surface area contributed by atoms with Crippen molar-refractivity contribution in [1.82, 2.24) is 9.88 Å². The number of pyridine rings is 1. The highest BCUT2D eigenvalue weighted by molar-refractivity contribution is 8.00. The van der Waals surface area contributed by atoms with Crippen LogP contribution in [0.2, 0.25) is 0 Å². The third kappa shape index (κ3) is 4.53. The van der Waals surface area contributed by atoms with Crippen LogP contribution in [0.3, 0.4) is 0 Å². The Morgan fingerprint density at radius 1 is 1.00 bits per heavy atom. The third-order valence-electron chi connectivity index (χ3n) is 5.45. The Bertz CT molecular complexity index is 1380. The first kappa shape index (κ1) is 22.5. The van der Waals surface area contributed by atoms with E-state index in [0.29, 0.717) is 17.1 Å². The molecule has 3 heterocycles. The van der Waals surface area contributed by atoms with E-state index < -0.39 is 11.7 Å². The van der Waals surface area contributed by atoms with Gasteiger partial charge in [-0.3, -0.25) is 9.78 Å². The molecule has 1 amide bonds. The molecular formula is C25H18F3N3OS2. The highest BCUT2D eigenvalue weighted by Gasteiger charge is 2.30. The van der Waals surface area contributed by atoms with Crippen LogP contribution in [0.1, 0.15) is 21.5 Å². The molecular weight excluding hydrogens is 479 g/mol. The fourth-order valence-corrected chi connectivity index (χ4v) is 5.42. The second kappa shape index (κ2) is 8.81. The molecule has 4 nitrogen and oxygen atoms in total. The van der Waals surface area contributed by atoms with Crippen molar-refractivity contribution in [3.05, 3.63) is 89.7 Å². The van der Waals surface area contributed by atoms with Gasteiger partial charge in [0.1, 0.15) is 0 Å². The van der Waals surface area contributed by atoms with Crippen LogP contribution in [0.5, 0.6) is 0 Å². The predicted octanol–water partition coefficient (Wildman–Crippen LogP) is 7.20. The van der Waals surface area contributed by atoms with Gasteiger partial charge in [0.15, 0.2) is 0 Å². The molecule has 0 bridgehead atoms.